The van der Waals surface area contributed by atoms with E-state index in [-0.39, 0.29) is 28.4 Å². The standard InChI is InChI=1S/C12H18NO5P/c1-7(2)9-5-6-10(19(16,17)18)11(8(3)4)12(9)13(14)15/h5-8H,1-4H3,(H2,16,17,18). The number of hydrogen-bond donors (Lipinski definition) is 2. The zero-order chi connectivity index (χ0) is 15.0. The molecular weight excluding hydrogens is 269 g/mol. The van der Waals surface area contributed by atoms with Gasteiger partial charge in [-0.25, -0.2) is 0 Å². The summed E-state index contributed by atoms with van der Waals surface area (Å²) in [5.41, 5.74) is 0.446. The van der Waals surface area contributed by atoms with Crippen LogP contribution in [0.2, 0.25) is 0 Å². The molecular formula is C12H18NO5P. The Bertz CT molecular complexity index is 547. The van der Waals surface area contributed by atoms with Crippen LogP contribution in [0, 0.1) is 10.1 Å². The van der Waals surface area contributed by atoms with Crippen molar-refractivity contribution in [2.24, 2.45) is 0 Å². The van der Waals surface area contributed by atoms with Gasteiger partial charge in [-0.3, -0.25) is 14.7 Å². The van der Waals surface area contributed by atoms with Gasteiger partial charge in [-0.05, 0) is 17.9 Å². The molecule has 0 saturated heterocycles. The van der Waals surface area contributed by atoms with Gasteiger partial charge in [0.1, 0.15) is 0 Å². The first kappa shape index (κ1) is 15.8. The normalized spacial score (nSPS) is 12.2. The maximum atomic E-state index is 11.5. The minimum Gasteiger partial charge on any atom is -0.321 e. The van der Waals surface area contributed by atoms with Crippen LogP contribution in [-0.2, 0) is 4.57 Å². The van der Waals surface area contributed by atoms with Crippen LogP contribution >= 0.6 is 7.60 Å². The van der Waals surface area contributed by atoms with Crippen LogP contribution in [0.1, 0.15) is 50.7 Å². The van der Waals surface area contributed by atoms with E-state index >= 15 is 0 Å². The fourth-order valence-corrected chi connectivity index (χ4v) is 3.05. The lowest BCUT2D eigenvalue weighted by Crippen LogP contribution is -2.17. The summed E-state index contributed by atoms with van der Waals surface area (Å²) in [4.78, 5) is 29.4. The smallest absolute Gasteiger partial charge is 0.321 e. The second kappa shape index (κ2) is 5.41. The first-order valence-corrected chi connectivity index (χ1v) is 7.55. The topological polar surface area (TPSA) is 101 Å². The summed E-state index contributed by atoms with van der Waals surface area (Å²) in [6.45, 7) is 6.99. The van der Waals surface area contributed by atoms with E-state index in [9.17, 15) is 24.5 Å². The molecule has 0 fully saturated rings. The second-order valence-corrected chi connectivity index (χ2v) is 6.62. The van der Waals surface area contributed by atoms with Crippen LogP contribution in [0.5, 0.6) is 0 Å². The molecule has 0 saturated carbocycles. The van der Waals surface area contributed by atoms with Crippen LogP contribution in [0.25, 0.3) is 0 Å². The second-order valence-electron chi connectivity index (χ2n) is 5.05. The Hall–Kier alpha value is -1.23. The molecule has 0 spiro atoms. The lowest BCUT2D eigenvalue weighted by molar-refractivity contribution is -0.386. The number of nitro groups is 1. The molecule has 6 nitrogen and oxygen atoms in total. The molecule has 106 valence electrons. The quantitative estimate of drug-likeness (QED) is 0.503. The third-order valence-corrected chi connectivity index (χ3v) is 3.94. The fraction of sp³-hybridized carbons (Fsp3) is 0.500. The first-order valence-electron chi connectivity index (χ1n) is 5.94. The van der Waals surface area contributed by atoms with E-state index < -0.39 is 12.5 Å². The highest BCUT2D eigenvalue weighted by atomic mass is 31.2. The number of rotatable bonds is 4. The molecule has 0 aromatic heterocycles. The SMILES string of the molecule is CC(C)c1ccc(P(=O)(O)O)c(C(C)C)c1[N+](=O)[O-]. The van der Waals surface area contributed by atoms with Gasteiger partial charge in [0.05, 0.1) is 10.2 Å². The van der Waals surface area contributed by atoms with Crippen LogP contribution in [0.4, 0.5) is 5.69 Å². The van der Waals surface area contributed by atoms with Gasteiger partial charge in [-0.15, -0.1) is 0 Å². The van der Waals surface area contributed by atoms with Crippen molar-refractivity contribution in [1.82, 2.24) is 0 Å². The molecule has 19 heavy (non-hydrogen) atoms. The largest absolute Gasteiger partial charge is 0.356 e. The number of nitro benzene ring substituents is 1. The van der Waals surface area contributed by atoms with Gasteiger partial charge in [0.25, 0.3) is 5.69 Å². The van der Waals surface area contributed by atoms with E-state index in [4.69, 9.17) is 0 Å². The lowest BCUT2D eigenvalue weighted by Gasteiger charge is -2.17. The highest BCUT2D eigenvalue weighted by molar-refractivity contribution is 7.60. The minimum absolute atomic E-state index is 0.0938. The highest BCUT2D eigenvalue weighted by Crippen LogP contribution is 2.42. The molecule has 2 N–H and O–H groups in total. The van der Waals surface area contributed by atoms with E-state index in [0.29, 0.717) is 5.56 Å². The van der Waals surface area contributed by atoms with Crippen molar-refractivity contribution in [3.8, 4) is 0 Å². The van der Waals surface area contributed by atoms with E-state index in [2.05, 4.69) is 0 Å². The van der Waals surface area contributed by atoms with Gasteiger partial charge in [0.2, 0.25) is 0 Å². The molecule has 1 aromatic carbocycles. The maximum absolute atomic E-state index is 11.5. The van der Waals surface area contributed by atoms with Crippen LogP contribution in [0.3, 0.4) is 0 Å². The van der Waals surface area contributed by atoms with Crippen molar-refractivity contribution in [1.29, 1.82) is 0 Å². The van der Waals surface area contributed by atoms with Crippen molar-refractivity contribution < 1.29 is 19.3 Å². The third kappa shape index (κ3) is 3.21. The van der Waals surface area contributed by atoms with E-state index in [1.807, 2.05) is 13.8 Å². The summed E-state index contributed by atoms with van der Waals surface area (Å²) in [5.74, 6) is -0.439. The van der Waals surface area contributed by atoms with Crippen molar-refractivity contribution in [3.05, 3.63) is 33.4 Å². The number of nitrogens with zero attached hydrogens (tertiary/aromatic N) is 1. The Morgan fingerprint density at radius 2 is 1.68 bits per heavy atom. The van der Waals surface area contributed by atoms with Gasteiger partial charge in [-0.2, -0.15) is 0 Å². The summed E-state index contributed by atoms with van der Waals surface area (Å²) in [7, 11) is -4.53. The van der Waals surface area contributed by atoms with E-state index in [1.165, 1.54) is 12.1 Å². The Labute approximate surface area is 111 Å². The molecule has 0 aliphatic heterocycles. The Kier molecular flexibility index (Phi) is 4.50. The zero-order valence-electron chi connectivity index (χ0n) is 11.3. The molecule has 0 aliphatic rings. The van der Waals surface area contributed by atoms with Crippen molar-refractivity contribution in [2.75, 3.05) is 0 Å². The van der Waals surface area contributed by atoms with Gasteiger partial charge in [0, 0.05) is 11.1 Å². The molecule has 0 atom stereocenters. The molecule has 0 unspecified atom stereocenters. The Morgan fingerprint density at radius 3 is 2.00 bits per heavy atom. The highest BCUT2D eigenvalue weighted by Gasteiger charge is 2.32. The lowest BCUT2D eigenvalue weighted by atomic mass is 9.93. The Balaban J connectivity index is 3.79. The molecule has 7 heteroatoms. The summed E-state index contributed by atoms with van der Waals surface area (Å²) in [6.07, 6.45) is 0. The summed E-state index contributed by atoms with van der Waals surface area (Å²) >= 11 is 0. The first-order chi connectivity index (χ1) is 8.57. The van der Waals surface area contributed by atoms with Gasteiger partial charge in [-0.1, -0.05) is 33.8 Å². The van der Waals surface area contributed by atoms with E-state index in [1.54, 1.807) is 13.8 Å². The molecule has 1 aromatic rings. The predicted octanol–water partition coefficient (Wildman–Crippen LogP) is 2.64. The van der Waals surface area contributed by atoms with Crippen molar-refractivity contribution in [2.45, 2.75) is 39.5 Å². The van der Waals surface area contributed by atoms with Gasteiger partial charge < -0.3 is 9.79 Å². The maximum Gasteiger partial charge on any atom is 0.356 e. The van der Waals surface area contributed by atoms with Gasteiger partial charge >= 0.3 is 7.60 Å². The number of benzene rings is 1. The van der Waals surface area contributed by atoms with Crippen molar-refractivity contribution >= 4 is 18.6 Å². The molecule has 1 rings (SSSR count). The van der Waals surface area contributed by atoms with Crippen LogP contribution in [-0.4, -0.2) is 14.7 Å². The van der Waals surface area contributed by atoms with E-state index in [0.717, 1.165) is 0 Å². The molecule has 0 bridgehead atoms. The summed E-state index contributed by atoms with van der Waals surface area (Å²) in [6, 6.07) is 2.74. The van der Waals surface area contributed by atoms with Crippen LogP contribution in [0.15, 0.2) is 12.1 Å². The average molecular weight is 287 g/mol. The Morgan fingerprint density at radius 1 is 1.16 bits per heavy atom. The molecule has 0 radical (unpaired) electrons. The summed E-state index contributed by atoms with van der Waals surface area (Å²) in [5, 5.41) is 11.0. The third-order valence-electron chi connectivity index (χ3n) is 2.92. The summed E-state index contributed by atoms with van der Waals surface area (Å²) < 4.78 is 11.5. The molecule has 0 amide bonds. The monoisotopic (exact) mass is 287 g/mol. The predicted molar refractivity (Wildman–Crippen MR) is 73.0 cm³/mol. The van der Waals surface area contributed by atoms with Crippen LogP contribution < -0.4 is 5.30 Å². The van der Waals surface area contributed by atoms with Crippen molar-refractivity contribution in [3.63, 3.8) is 0 Å². The fourth-order valence-electron chi connectivity index (χ4n) is 2.11. The number of hydrogen-bond acceptors (Lipinski definition) is 3. The molecule has 0 heterocycles. The van der Waals surface area contributed by atoms with Gasteiger partial charge in [0.15, 0.2) is 0 Å². The molecule has 0 aliphatic carbocycles. The zero-order valence-corrected chi connectivity index (χ0v) is 12.2. The minimum atomic E-state index is -4.53. The average Bonchev–Trinajstić information content (AvgIpc) is 2.25.